The van der Waals surface area contributed by atoms with Crippen LogP contribution in [0.5, 0.6) is 0 Å². The third-order valence-electron chi connectivity index (χ3n) is 9.06. The lowest BCUT2D eigenvalue weighted by Gasteiger charge is -2.65. The smallest absolute Gasteiger partial charge is 0.119 e. The number of hydrogen-bond donors (Lipinski definition) is 5. The molecule has 0 aliphatic heterocycles. The summed E-state index contributed by atoms with van der Waals surface area (Å²) in [5, 5.41) is 53.6. The lowest BCUT2D eigenvalue weighted by molar-refractivity contribution is -0.223. The zero-order chi connectivity index (χ0) is 18.4. The lowest BCUT2D eigenvalue weighted by Crippen LogP contribution is -2.64. The fourth-order valence-corrected chi connectivity index (χ4v) is 8.37. The van der Waals surface area contributed by atoms with Crippen molar-refractivity contribution in [1.82, 2.24) is 0 Å². The molecule has 0 aromatic heterocycles. The molecule has 4 aliphatic carbocycles. The van der Waals surface area contributed by atoms with Crippen LogP contribution in [-0.2, 0) is 0 Å². The molecule has 2 bridgehead atoms. The van der Waals surface area contributed by atoms with E-state index in [1.165, 1.54) is 0 Å². The monoisotopic (exact) mass is 354 g/mol. The molecule has 4 fully saturated rings. The van der Waals surface area contributed by atoms with Gasteiger partial charge in [0.2, 0.25) is 0 Å². The van der Waals surface area contributed by atoms with Crippen LogP contribution in [0, 0.1) is 34.0 Å². The summed E-state index contributed by atoms with van der Waals surface area (Å²) in [7, 11) is 0. The summed E-state index contributed by atoms with van der Waals surface area (Å²) in [6.45, 7) is 6.17. The zero-order valence-corrected chi connectivity index (χ0v) is 15.6. The molecular weight excluding hydrogens is 320 g/mol. The van der Waals surface area contributed by atoms with E-state index in [2.05, 4.69) is 20.8 Å². The quantitative estimate of drug-likeness (QED) is 0.485. The summed E-state index contributed by atoms with van der Waals surface area (Å²) in [5.74, 6) is 0.0121. The van der Waals surface area contributed by atoms with Crippen molar-refractivity contribution in [2.75, 3.05) is 6.61 Å². The number of rotatable bonds is 1. The molecule has 5 nitrogen and oxygen atoms in total. The second-order valence-electron chi connectivity index (χ2n) is 10.5. The van der Waals surface area contributed by atoms with Gasteiger partial charge in [-0.25, -0.2) is 0 Å². The van der Waals surface area contributed by atoms with Gasteiger partial charge in [0, 0.05) is 11.3 Å². The third kappa shape index (κ3) is 1.97. The molecule has 9 atom stereocenters. The highest BCUT2D eigenvalue weighted by molar-refractivity contribution is 5.24. The Morgan fingerprint density at radius 1 is 0.920 bits per heavy atom. The Labute approximate surface area is 150 Å². The minimum atomic E-state index is -1.61. The fraction of sp³-hybridized carbons (Fsp3) is 1.00. The van der Waals surface area contributed by atoms with Crippen LogP contribution in [0.15, 0.2) is 0 Å². The Morgan fingerprint density at radius 3 is 2.24 bits per heavy atom. The Hall–Kier alpha value is -0.200. The van der Waals surface area contributed by atoms with Crippen LogP contribution in [0.2, 0.25) is 0 Å². The fourth-order valence-electron chi connectivity index (χ4n) is 8.37. The van der Waals surface area contributed by atoms with E-state index in [0.717, 1.165) is 19.3 Å². The first-order chi connectivity index (χ1) is 11.5. The average molecular weight is 354 g/mol. The lowest BCUT2D eigenvalue weighted by atomic mass is 9.40. The van der Waals surface area contributed by atoms with Gasteiger partial charge in [0.15, 0.2) is 0 Å². The van der Waals surface area contributed by atoms with Gasteiger partial charge in [0.1, 0.15) is 5.60 Å². The van der Waals surface area contributed by atoms with Crippen LogP contribution in [-0.4, -0.2) is 56.1 Å². The van der Waals surface area contributed by atoms with E-state index in [-0.39, 0.29) is 22.9 Å². The van der Waals surface area contributed by atoms with Crippen molar-refractivity contribution in [2.24, 2.45) is 34.0 Å². The van der Waals surface area contributed by atoms with Crippen molar-refractivity contribution < 1.29 is 25.5 Å². The molecule has 0 saturated heterocycles. The number of aliphatic hydroxyl groups excluding tert-OH is 4. The van der Waals surface area contributed by atoms with Crippen molar-refractivity contribution >= 4 is 0 Å². The van der Waals surface area contributed by atoms with Crippen LogP contribution in [0.1, 0.15) is 59.3 Å². The summed E-state index contributed by atoms with van der Waals surface area (Å²) in [5.41, 5.74) is -2.53. The van der Waals surface area contributed by atoms with Crippen molar-refractivity contribution in [3.05, 3.63) is 0 Å². The molecule has 4 saturated carbocycles. The summed E-state index contributed by atoms with van der Waals surface area (Å²) >= 11 is 0. The van der Waals surface area contributed by atoms with E-state index in [4.69, 9.17) is 0 Å². The molecule has 0 aromatic rings. The van der Waals surface area contributed by atoms with E-state index in [1.54, 1.807) is 0 Å². The predicted molar refractivity (Wildman–Crippen MR) is 92.5 cm³/mol. The minimum Gasteiger partial charge on any atom is -0.393 e. The molecule has 1 spiro atoms. The molecule has 0 heterocycles. The van der Waals surface area contributed by atoms with E-state index in [9.17, 15) is 25.5 Å². The van der Waals surface area contributed by atoms with Gasteiger partial charge in [-0.1, -0.05) is 20.8 Å². The molecule has 5 N–H and O–H groups in total. The first kappa shape index (κ1) is 18.2. The largest absolute Gasteiger partial charge is 0.393 e. The molecule has 4 rings (SSSR count). The van der Waals surface area contributed by atoms with Crippen molar-refractivity contribution in [2.45, 2.75) is 83.2 Å². The topological polar surface area (TPSA) is 101 Å². The normalized spacial score (nSPS) is 60.0. The molecule has 4 aliphatic rings. The maximum absolute atomic E-state index is 11.1. The van der Waals surface area contributed by atoms with Gasteiger partial charge in [0.25, 0.3) is 0 Å². The van der Waals surface area contributed by atoms with Gasteiger partial charge in [-0.3, -0.25) is 0 Å². The highest BCUT2D eigenvalue weighted by Gasteiger charge is 2.75. The Balaban J connectivity index is 1.82. The molecule has 5 heteroatoms. The van der Waals surface area contributed by atoms with Crippen LogP contribution in [0.3, 0.4) is 0 Å². The molecule has 0 amide bonds. The van der Waals surface area contributed by atoms with Crippen molar-refractivity contribution in [3.8, 4) is 0 Å². The standard InChI is InChI=1S/C20H34O5/c1-17(2)8-11(22)9-18(3)13(17)6-7-19-14(18)5-4-12(15(19)23)20(25,10-21)16(19)24/h11-16,21-25H,4-10H2,1-3H3. The van der Waals surface area contributed by atoms with Crippen molar-refractivity contribution in [3.63, 3.8) is 0 Å². The minimum absolute atomic E-state index is 0.0205. The SMILES string of the molecule is CC1(C)CC(O)CC2(C)C1CCC13C(O)C(CCC21)C(O)(CO)C3O. The first-order valence-corrected chi connectivity index (χ1v) is 9.91. The highest BCUT2D eigenvalue weighted by Crippen LogP contribution is 2.72. The molecule has 9 unspecified atom stereocenters. The first-order valence-electron chi connectivity index (χ1n) is 9.91. The highest BCUT2D eigenvalue weighted by atomic mass is 16.4. The van der Waals surface area contributed by atoms with E-state index >= 15 is 0 Å². The van der Waals surface area contributed by atoms with Gasteiger partial charge in [-0.05, 0) is 61.2 Å². The van der Waals surface area contributed by atoms with Gasteiger partial charge < -0.3 is 25.5 Å². The van der Waals surface area contributed by atoms with Gasteiger partial charge >= 0.3 is 0 Å². The molecular formula is C20H34O5. The summed E-state index contributed by atoms with van der Waals surface area (Å²) in [4.78, 5) is 0. The number of fused-ring (bicyclic) bond motifs is 3. The summed E-state index contributed by atoms with van der Waals surface area (Å²) in [6, 6.07) is 0. The Bertz CT molecular complexity index is 564. The van der Waals surface area contributed by atoms with E-state index < -0.39 is 35.7 Å². The molecule has 0 radical (unpaired) electrons. The zero-order valence-electron chi connectivity index (χ0n) is 15.6. The maximum Gasteiger partial charge on any atom is 0.119 e. The average Bonchev–Trinajstić information content (AvgIpc) is 2.61. The second-order valence-corrected chi connectivity index (χ2v) is 10.5. The predicted octanol–water partition coefficient (Wildman–Crippen LogP) is 1.05. The van der Waals surface area contributed by atoms with Crippen LogP contribution >= 0.6 is 0 Å². The molecule has 25 heavy (non-hydrogen) atoms. The van der Waals surface area contributed by atoms with Crippen LogP contribution in [0.25, 0.3) is 0 Å². The van der Waals surface area contributed by atoms with E-state index in [1.807, 2.05) is 0 Å². The number of aliphatic hydroxyl groups is 5. The number of hydrogen-bond acceptors (Lipinski definition) is 5. The van der Waals surface area contributed by atoms with Crippen LogP contribution < -0.4 is 0 Å². The van der Waals surface area contributed by atoms with Gasteiger partial charge in [-0.15, -0.1) is 0 Å². The Morgan fingerprint density at radius 2 is 1.60 bits per heavy atom. The van der Waals surface area contributed by atoms with E-state index in [0.29, 0.717) is 25.2 Å². The van der Waals surface area contributed by atoms with Gasteiger partial charge in [-0.2, -0.15) is 0 Å². The summed E-state index contributed by atoms with van der Waals surface area (Å²) in [6.07, 6.45) is 2.22. The third-order valence-corrected chi connectivity index (χ3v) is 9.06. The molecule has 0 aromatic carbocycles. The Kier molecular flexibility index (Phi) is 3.78. The van der Waals surface area contributed by atoms with Crippen LogP contribution in [0.4, 0.5) is 0 Å². The summed E-state index contributed by atoms with van der Waals surface area (Å²) < 4.78 is 0. The maximum atomic E-state index is 11.1. The van der Waals surface area contributed by atoms with Crippen molar-refractivity contribution in [1.29, 1.82) is 0 Å². The molecule has 144 valence electrons. The second kappa shape index (κ2) is 5.20. The van der Waals surface area contributed by atoms with Gasteiger partial charge in [0.05, 0.1) is 24.9 Å².